The molecule has 6 atom stereocenters. The van der Waals surface area contributed by atoms with Crippen LogP contribution in [0.25, 0.3) is 0 Å². The molecule has 3 amide bonds. The fraction of sp³-hybridized carbons (Fsp3) is 0.516. The quantitative estimate of drug-likeness (QED) is 0.483. The average Bonchev–Trinajstić information content (AvgIpc) is 3.47. The average molecular weight is 534 g/mol. The topological polar surface area (TPSA) is 108 Å². The third-order valence-electron chi connectivity index (χ3n) is 9.10. The van der Waals surface area contributed by atoms with E-state index in [1.807, 2.05) is 83.1 Å². The molecule has 2 aromatic carbocycles. The minimum atomic E-state index is -1.15. The molecule has 0 saturated carbocycles. The van der Waals surface area contributed by atoms with Crippen LogP contribution in [0.2, 0.25) is 0 Å². The minimum absolute atomic E-state index is 0.109. The highest BCUT2D eigenvalue weighted by molar-refractivity contribution is 6.04. The monoisotopic (exact) mass is 533 g/mol. The van der Waals surface area contributed by atoms with Crippen LogP contribution in [0.5, 0.6) is 0 Å². The first-order valence-electron chi connectivity index (χ1n) is 13.9. The van der Waals surface area contributed by atoms with E-state index >= 15 is 0 Å². The van der Waals surface area contributed by atoms with Crippen molar-refractivity contribution in [2.45, 2.75) is 77.3 Å². The Bertz CT molecular complexity index is 1260. The van der Waals surface area contributed by atoms with Crippen molar-refractivity contribution in [2.24, 2.45) is 17.8 Å². The largest absolute Gasteiger partial charge is 0.394 e. The van der Waals surface area contributed by atoms with Crippen molar-refractivity contribution in [1.29, 1.82) is 0 Å². The summed E-state index contributed by atoms with van der Waals surface area (Å²) in [5, 5.41) is 16.5. The number of aryl methyl sites for hydroxylation is 2. The number of nitrogens with zero attached hydrogens (tertiary/aromatic N) is 1. The molecular weight excluding hydrogens is 494 g/mol. The number of rotatable bonds is 8. The Morgan fingerprint density at radius 1 is 1.05 bits per heavy atom. The van der Waals surface area contributed by atoms with Crippen molar-refractivity contribution in [1.82, 2.24) is 10.2 Å². The standard InChI is InChI=1S/C31H39N3O5/c1-18(2)22(17-35)34-26(28(37)33-25-19(3)10-9-11-20(25)4)31-15-14-30(5,39-31)23(24(31)29(34)38)27(36)32-16-21-12-7-6-8-13-21/h6-13,18,22-24,26,35H,14-17H2,1-5H3,(H,32,36)(H,33,37)/t22-,23+,24-,26?,30-,31?/m0/s1. The van der Waals surface area contributed by atoms with Gasteiger partial charge in [-0.3, -0.25) is 14.4 Å². The highest BCUT2D eigenvalue weighted by Gasteiger charge is 2.78. The molecule has 3 aliphatic heterocycles. The van der Waals surface area contributed by atoms with Gasteiger partial charge in [-0.05, 0) is 56.2 Å². The molecule has 3 fully saturated rings. The number of carbonyl (C=O) groups excluding carboxylic acids is 3. The lowest BCUT2D eigenvalue weighted by atomic mass is 9.66. The Hall–Kier alpha value is -3.23. The molecule has 2 aromatic rings. The van der Waals surface area contributed by atoms with Gasteiger partial charge in [0.2, 0.25) is 17.7 Å². The van der Waals surface area contributed by atoms with Crippen LogP contribution in [0, 0.1) is 31.6 Å². The summed E-state index contributed by atoms with van der Waals surface area (Å²) < 4.78 is 6.70. The summed E-state index contributed by atoms with van der Waals surface area (Å²) in [6, 6.07) is 13.8. The molecule has 39 heavy (non-hydrogen) atoms. The van der Waals surface area contributed by atoms with Crippen molar-refractivity contribution < 1.29 is 24.2 Å². The van der Waals surface area contributed by atoms with Gasteiger partial charge in [-0.1, -0.05) is 62.4 Å². The number of carbonyl (C=O) groups is 3. The second kappa shape index (κ2) is 10.1. The predicted molar refractivity (Wildman–Crippen MR) is 148 cm³/mol. The number of amides is 3. The molecule has 2 unspecified atom stereocenters. The van der Waals surface area contributed by atoms with Gasteiger partial charge < -0.3 is 25.4 Å². The molecule has 8 nitrogen and oxygen atoms in total. The van der Waals surface area contributed by atoms with Crippen molar-refractivity contribution in [3.63, 3.8) is 0 Å². The summed E-state index contributed by atoms with van der Waals surface area (Å²) in [6.07, 6.45) is 1.05. The number of nitrogens with one attached hydrogen (secondary N) is 2. The van der Waals surface area contributed by atoms with E-state index < -0.39 is 35.1 Å². The maximum atomic E-state index is 14.3. The molecule has 1 spiro atoms. The van der Waals surface area contributed by atoms with E-state index in [-0.39, 0.29) is 30.2 Å². The van der Waals surface area contributed by atoms with E-state index in [1.165, 1.54) is 4.90 Å². The highest BCUT2D eigenvalue weighted by atomic mass is 16.5. The van der Waals surface area contributed by atoms with Gasteiger partial charge in [0.1, 0.15) is 11.6 Å². The van der Waals surface area contributed by atoms with Crippen LogP contribution >= 0.6 is 0 Å². The Kier molecular flexibility index (Phi) is 7.06. The lowest BCUT2D eigenvalue weighted by molar-refractivity contribution is -0.149. The van der Waals surface area contributed by atoms with Crippen molar-refractivity contribution in [3.05, 3.63) is 65.2 Å². The van der Waals surface area contributed by atoms with Gasteiger partial charge in [-0.25, -0.2) is 0 Å². The molecule has 3 N–H and O–H groups in total. The van der Waals surface area contributed by atoms with Gasteiger partial charge in [0.05, 0.1) is 30.1 Å². The number of hydrogen-bond donors (Lipinski definition) is 3. The van der Waals surface area contributed by atoms with Gasteiger partial charge >= 0.3 is 0 Å². The molecule has 0 aliphatic carbocycles. The van der Waals surface area contributed by atoms with Crippen molar-refractivity contribution >= 4 is 23.4 Å². The van der Waals surface area contributed by atoms with Crippen LogP contribution in [0.3, 0.4) is 0 Å². The van der Waals surface area contributed by atoms with E-state index in [0.717, 1.165) is 16.7 Å². The second-order valence-corrected chi connectivity index (χ2v) is 11.9. The third-order valence-corrected chi connectivity index (χ3v) is 9.10. The van der Waals surface area contributed by atoms with E-state index in [0.29, 0.717) is 25.1 Å². The van der Waals surface area contributed by atoms with Gasteiger partial charge in [0, 0.05) is 12.2 Å². The summed E-state index contributed by atoms with van der Waals surface area (Å²) in [5.74, 6) is -2.56. The Morgan fingerprint density at radius 3 is 2.33 bits per heavy atom. The van der Waals surface area contributed by atoms with Crippen LogP contribution in [-0.4, -0.2) is 57.6 Å². The number of ether oxygens (including phenoxy) is 1. The fourth-order valence-electron chi connectivity index (χ4n) is 7.14. The van der Waals surface area contributed by atoms with E-state index in [1.54, 1.807) is 0 Å². The molecule has 5 rings (SSSR count). The Labute approximate surface area is 230 Å². The number of hydrogen-bond acceptors (Lipinski definition) is 5. The summed E-state index contributed by atoms with van der Waals surface area (Å²) in [6.45, 7) is 9.63. The smallest absolute Gasteiger partial charge is 0.250 e. The first-order chi connectivity index (χ1) is 18.5. The molecule has 3 saturated heterocycles. The summed E-state index contributed by atoms with van der Waals surface area (Å²) in [4.78, 5) is 43.7. The highest BCUT2D eigenvalue weighted by Crippen LogP contribution is 2.63. The summed E-state index contributed by atoms with van der Waals surface area (Å²) in [5.41, 5.74) is 1.48. The fourth-order valence-corrected chi connectivity index (χ4v) is 7.14. The van der Waals surface area contributed by atoms with E-state index in [4.69, 9.17) is 4.74 Å². The minimum Gasteiger partial charge on any atom is -0.394 e. The lowest BCUT2D eigenvalue weighted by Crippen LogP contribution is -2.57. The number of aliphatic hydroxyl groups excluding tert-OH is 1. The van der Waals surface area contributed by atoms with Crippen LogP contribution in [0.1, 0.15) is 50.3 Å². The molecule has 3 heterocycles. The number of fused-ring (bicyclic) bond motifs is 1. The van der Waals surface area contributed by atoms with E-state index in [9.17, 15) is 19.5 Å². The predicted octanol–water partition coefficient (Wildman–Crippen LogP) is 3.34. The molecule has 208 valence electrons. The van der Waals surface area contributed by atoms with Crippen LogP contribution in [0.15, 0.2) is 48.5 Å². The third kappa shape index (κ3) is 4.34. The number of anilines is 1. The van der Waals surface area contributed by atoms with Crippen LogP contribution < -0.4 is 10.6 Å². The number of aliphatic hydroxyl groups is 1. The van der Waals surface area contributed by atoms with Gasteiger partial charge in [0.15, 0.2) is 0 Å². The summed E-state index contributed by atoms with van der Waals surface area (Å²) in [7, 11) is 0. The zero-order valence-corrected chi connectivity index (χ0v) is 23.4. The van der Waals surface area contributed by atoms with Crippen LogP contribution in [-0.2, 0) is 25.7 Å². The second-order valence-electron chi connectivity index (χ2n) is 11.9. The molecule has 0 radical (unpaired) electrons. The number of likely N-dealkylation sites (tertiary alicyclic amines) is 1. The Morgan fingerprint density at radius 2 is 1.72 bits per heavy atom. The van der Waals surface area contributed by atoms with Gasteiger partial charge in [0.25, 0.3) is 0 Å². The van der Waals surface area contributed by atoms with Gasteiger partial charge in [-0.2, -0.15) is 0 Å². The van der Waals surface area contributed by atoms with Crippen molar-refractivity contribution in [3.8, 4) is 0 Å². The first-order valence-corrected chi connectivity index (χ1v) is 13.9. The molecular formula is C31H39N3O5. The first kappa shape index (κ1) is 27.3. The SMILES string of the molecule is Cc1cccc(C)c1NC(=O)C1N([C@@H](CO)C(C)C)C(=O)[C@@H]2[C@H](C(=O)NCc3ccccc3)[C@]3(C)CCC12O3. The molecule has 2 bridgehead atoms. The van der Waals surface area contributed by atoms with Crippen LogP contribution in [0.4, 0.5) is 5.69 Å². The normalized spacial score (nSPS) is 30.0. The number of benzene rings is 2. The summed E-state index contributed by atoms with van der Waals surface area (Å²) >= 11 is 0. The zero-order chi connectivity index (χ0) is 28.1. The van der Waals surface area contributed by atoms with E-state index in [2.05, 4.69) is 10.6 Å². The molecule has 0 aromatic heterocycles. The Balaban J connectivity index is 1.52. The maximum Gasteiger partial charge on any atom is 0.250 e. The lowest BCUT2D eigenvalue weighted by Gasteiger charge is -2.38. The number of para-hydroxylation sites is 1. The zero-order valence-electron chi connectivity index (χ0n) is 23.4. The van der Waals surface area contributed by atoms with Crippen molar-refractivity contribution in [2.75, 3.05) is 11.9 Å². The maximum absolute atomic E-state index is 14.3. The van der Waals surface area contributed by atoms with Gasteiger partial charge in [-0.15, -0.1) is 0 Å². The molecule has 3 aliphatic rings. The molecule has 8 heteroatoms.